The Hall–Kier alpha value is -1.66. The average Bonchev–Trinajstić information content (AvgIpc) is 2.84. The van der Waals surface area contributed by atoms with Crippen molar-refractivity contribution in [2.45, 2.75) is 31.8 Å². The average molecular weight is 305 g/mol. The van der Waals surface area contributed by atoms with E-state index in [1.54, 1.807) is 12.4 Å². The van der Waals surface area contributed by atoms with Gasteiger partial charge in [-0.1, -0.05) is 0 Å². The number of nitrogens with zero attached hydrogens (tertiary/aromatic N) is 1. The number of hydrogen-bond acceptors (Lipinski definition) is 5. The third kappa shape index (κ3) is 3.01. The Kier molecular flexibility index (Phi) is 4.07. The molecule has 2 aromatic heterocycles. The van der Waals surface area contributed by atoms with Gasteiger partial charge in [-0.25, -0.2) is 0 Å². The summed E-state index contributed by atoms with van der Waals surface area (Å²) in [7, 11) is 0. The monoisotopic (exact) mass is 305 g/mol. The number of fused-ring (bicyclic) bond motifs is 1. The van der Waals surface area contributed by atoms with E-state index in [0.29, 0.717) is 23.0 Å². The van der Waals surface area contributed by atoms with E-state index < -0.39 is 0 Å². The fourth-order valence-corrected chi connectivity index (χ4v) is 3.81. The lowest BCUT2D eigenvalue weighted by molar-refractivity contribution is 0.0914. The van der Waals surface area contributed by atoms with Gasteiger partial charge >= 0.3 is 0 Å². The molecule has 1 amide bonds. The second-order valence-corrected chi connectivity index (χ2v) is 6.65. The lowest BCUT2D eigenvalue weighted by Gasteiger charge is -2.25. The molecule has 3 rings (SSSR count). The summed E-state index contributed by atoms with van der Waals surface area (Å²) in [6, 6.07) is 1.83. The molecule has 0 atom stereocenters. The molecule has 0 unspecified atom stereocenters. The van der Waals surface area contributed by atoms with Gasteiger partial charge in [0, 0.05) is 24.3 Å². The Balaban J connectivity index is 1.65. The van der Waals surface area contributed by atoms with Crippen molar-refractivity contribution >= 4 is 33.0 Å². The molecule has 112 valence electrons. The van der Waals surface area contributed by atoms with Crippen LogP contribution in [0.5, 0.6) is 0 Å². The minimum Gasteiger partial charge on any atom is -0.397 e. The second-order valence-electron chi connectivity index (χ2n) is 5.60. The molecule has 2 heterocycles. The van der Waals surface area contributed by atoms with Crippen LogP contribution in [0.15, 0.2) is 18.5 Å². The molecule has 0 aliphatic heterocycles. The summed E-state index contributed by atoms with van der Waals surface area (Å²) in [6.45, 7) is 0.650. The van der Waals surface area contributed by atoms with Gasteiger partial charge in [-0.05, 0) is 37.7 Å². The van der Waals surface area contributed by atoms with E-state index in [0.717, 1.165) is 35.8 Å². The summed E-state index contributed by atoms with van der Waals surface area (Å²) in [5.41, 5.74) is 6.59. The van der Waals surface area contributed by atoms with Gasteiger partial charge in [-0.15, -0.1) is 11.3 Å². The number of aliphatic hydroxyl groups excluding tert-OH is 1. The maximum Gasteiger partial charge on any atom is 0.263 e. The number of aliphatic hydroxyl groups is 1. The fraction of sp³-hybridized carbons (Fsp3) is 0.467. The molecule has 0 bridgehead atoms. The Morgan fingerprint density at radius 1 is 1.43 bits per heavy atom. The molecule has 1 saturated carbocycles. The van der Waals surface area contributed by atoms with Crippen LogP contribution in [0.4, 0.5) is 5.69 Å². The topological polar surface area (TPSA) is 88.2 Å². The van der Waals surface area contributed by atoms with Crippen LogP contribution in [0.3, 0.4) is 0 Å². The van der Waals surface area contributed by atoms with Crippen LogP contribution in [-0.2, 0) is 0 Å². The molecule has 0 saturated heterocycles. The van der Waals surface area contributed by atoms with Crippen molar-refractivity contribution < 1.29 is 9.90 Å². The number of hydrogen-bond donors (Lipinski definition) is 3. The first-order valence-corrected chi connectivity index (χ1v) is 8.05. The van der Waals surface area contributed by atoms with Crippen LogP contribution in [0.25, 0.3) is 10.1 Å². The summed E-state index contributed by atoms with van der Waals surface area (Å²) in [4.78, 5) is 16.9. The van der Waals surface area contributed by atoms with Gasteiger partial charge in [0.25, 0.3) is 5.91 Å². The third-order valence-corrected chi connectivity index (χ3v) is 5.26. The van der Waals surface area contributed by atoms with Crippen molar-refractivity contribution in [1.82, 2.24) is 10.3 Å². The number of nitrogens with one attached hydrogen (secondary N) is 1. The molecule has 4 N–H and O–H groups in total. The van der Waals surface area contributed by atoms with Gasteiger partial charge in [0.1, 0.15) is 4.88 Å². The highest BCUT2D eigenvalue weighted by Gasteiger charge is 2.21. The summed E-state index contributed by atoms with van der Waals surface area (Å²) in [5, 5.41) is 13.4. The molecule has 0 aromatic carbocycles. The van der Waals surface area contributed by atoms with E-state index in [9.17, 15) is 9.90 Å². The molecule has 0 spiro atoms. The van der Waals surface area contributed by atoms with E-state index in [-0.39, 0.29) is 12.0 Å². The zero-order chi connectivity index (χ0) is 14.8. The van der Waals surface area contributed by atoms with E-state index in [4.69, 9.17) is 5.73 Å². The van der Waals surface area contributed by atoms with E-state index in [1.807, 2.05) is 6.07 Å². The van der Waals surface area contributed by atoms with Crippen LogP contribution in [-0.4, -0.2) is 28.6 Å². The second kappa shape index (κ2) is 5.99. The summed E-state index contributed by atoms with van der Waals surface area (Å²) in [6.07, 6.45) is 6.84. The highest BCUT2D eigenvalue weighted by atomic mass is 32.1. The first kappa shape index (κ1) is 14.3. The predicted octanol–water partition coefficient (Wildman–Crippen LogP) is 2.16. The Morgan fingerprint density at radius 2 is 2.19 bits per heavy atom. The zero-order valence-electron chi connectivity index (χ0n) is 11.7. The van der Waals surface area contributed by atoms with Gasteiger partial charge in [-0.2, -0.15) is 0 Å². The fourth-order valence-electron chi connectivity index (χ4n) is 2.81. The Bertz CT molecular complexity index is 647. The van der Waals surface area contributed by atoms with Gasteiger partial charge in [0.2, 0.25) is 0 Å². The van der Waals surface area contributed by atoms with Crippen molar-refractivity contribution in [3.63, 3.8) is 0 Å². The molecule has 6 heteroatoms. The van der Waals surface area contributed by atoms with Gasteiger partial charge < -0.3 is 16.2 Å². The van der Waals surface area contributed by atoms with Gasteiger partial charge in [-0.3, -0.25) is 9.78 Å². The minimum absolute atomic E-state index is 0.111. The van der Waals surface area contributed by atoms with E-state index >= 15 is 0 Å². The van der Waals surface area contributed by atoms with Gasteiger partial charge in [0.15, 0.2) is 0 Å². The molecule has 0 radical (unpaired) electrons. The van der Waals surface area contributed by atoms with Crippen molar-refractivity contribution in [3.8, 4) is 0 Å². The molecular formula is C15H19N3O2S. The van der Waals surface area contributed by atoms with Crippen LogP contribution in [0.2, 0.25) is 0 Å². The smallest absolute Gasteiger partial charge is 0.263 e. The largest absolute Gasteiger partial charge is 0.397 e. The zero-order valence-corrected chi connectivity index (χ0v) is 12.5. The molecule has 1 aliphatic carbocycles. The summed E-state index contributed by atoms with van der Waals surface area (Å²) in [5.74, 6) is 0.342. The first-order chi connectivity index (χ1) is 10.1. The van der Waals surface area contributed by atoms with Crippen molar-refractivity contribution in [3.05, 3.63) is 23.3 Å². The minimum atomic E-state index is -0.164. The van der Waals surface area contributed by atoms with Crippen LogP contribution >= 0.6 is 11.3 Å². The lowest BCUT2D eigenvalue weighted by Crippen LogP contribution is -2.32. The summed E-state index contributed by atoms with van der Waals surface area (Å²) >= 11 is 1.38. The third-order valence-electron chi connectivity index (χ3n) is 4.11. The number of nitrogens with two attached hydrogens (primary N) is 1. The van der Waals surface area contributed by atoms with Crippen molar-refractivity contribution in [2.24, 2.45) is 5.92 Å². The molecule has 21 heavy (non-hydrogen) atoms. The lowest BCUT2D eigenvalue weighted by atomic mass is 9.87. The normalized spacial score (nSPS) is 22.3. The first-order valence-electron chi connectivity index (χ1n) is 7.23. The van der Waals surface area contributed by atoms with Crippen LogP contribution in [0.1, 0.15) is 35.4 Å². The SMILES string of the molecule is Nc1c(C(=O)NCC2CCC(O)CC2)sc2cnccc12. The number of rotatable bonds is 3. The number of anilines is 1. The molecule has 2 aromatic rings. The van der Waals surface area contributed by atoms with E-state index in [1.165, 1.54) is 11.3 Å². The number of amides is 1. The van der Waals surface area contributed by atoms with Crippen LogP contribution in [0, 0.1) is 5.92 Å². The molecule has 1 aliphatic rings. The number of nitrogen functional groups attached to an aromatic ring is 1. The van der Waals surface area contributed by atoms with Gasteiger partial charge in [0.05, 0.1) is 16.5 Å². The van der Waals surface area contributed by atoms with Crippen molar-refractivity contribution in [1.29, 1.82) is 0 Å². The Labute approximate surface area is 127 Å². The predicted molar refractivity (Wildman–Crippen MR) is 84.3 cm³/mol. The quantitative estimate of drug-likeness (QED) is 0.811. The maximum atomic E-state index is 12.3. The Morgan fingerprint density at radius 3 is 2.90 bits per heavy atom. The molecular weight excluding hydrogens is 286 g/mol. The van der Waals surface area contributed by atoms with Crippen LogP contribution < -0.4 is 11.1 Å². The highest BCUT2D eigenvalue weighted by Crippen LogP contribution is 2.32. The number of carbonyl (C=O) groups is 1. The number of carbonyl (C=O) groups excluding carboxylic acids is 1. The molecule has 5 nitrogen and oxygen atoms in total. The molecule has 1 fully saturated rings. The number of aromatic nitrogens is 1. The number of pyridine rings is 1. The maximum absolute atomic E-state index is 12.3. The van der Waals surface area contributed by atoms with E-state index in [2.05, 4.69) is 10.3 Å². The standard InChI is InChI=1S/C15H19N3O2S/c16-13-11-5-6-17-8-12(11)21-14(13)15(20)18-7-9-1-3-10(19)4-2-9/h5-6,8-10,19H,1-4,7,16H2,(H,18,20). The summed E-state index contributed by atoms with van der Waals surface area (Å²) < 4.78 is 0.931. The number of thiophene rings is 1. The highest BCUT2D eigenvalue weighted by molar-refractivity contribution is 7.21. The van der Waals surface area contributed by atoms with Crippen molar-refractivity contribution in [2.75, 3.05) is 12.3 Å².